The Bertz CT molecular complexity index is 1050. The summed E-state index contributed by atoms with van der Waals surface area (Å²) in [7, 11) is 0. The van der Waals surface area contributed by atoms with Crippen LogP contribution in [0.25, 0.3) is 0 Å². The Morgan fingerprint density at radius 1 is 0.700 bits per heavy atom. The molecule has 0 N–H and O–H groups in total. The number of hydrogen-bond donors (Lipinski definition) is 0. The fourth-order valence-electron chi connectivity index (χ4n) is 2.48. The normalized spacial score (nSPS) is 14.1. The molecule has 2 heterocycles. The summed E-state index contributed by atoms with van der Waals surface area (Å²) in [4.78, 5) is 32.0. The number of rotatable bonds is 4. The van der Waals surface area contributed by atoms with Crippen molar-refractivity contribution in [3.8, 4) is 11.5 Å². The van der Waals surface area contributed by atoms with Crippen molar-refractivity contribution in [2.75, 3.05) is 0 Å². The molecule has 2 aliphatic rings. The van der Waals surface area contributed by atoms with Crippen molar-refractivity contribution in [3.63, 3.8) is 0 Å². The van der Waals surface area contributed by atoms with Crippen molar-refractivity contribution < 1.29 is 28.5 Å². The summed E-state index contributed by atoms with van der Waals surface area (Å²) in [5, 5.41) is 0. The first-order valence-electron chi connectivity index (χ1n) is 8.79. The maximum atomic E-state index is 12.0. The first kappa shape index (κ1) is 18.9. The quantitative estimate of drug-likeness (QED) is 0.575. The maximum absolute atomic E-state index is 12.0. The first-order chi connectivity index (χ1) is 14.7. The third-order valence-corrected chi connectivity index (χ3v) is 3.80. The summed E-state index contributed by atoms with van der Waals surface area (Å²) in [5.74, 6) is -0.960. The number of fused-ring (bicyclic) bond motifs is 2. The van der Waals surface area contributed by atoms with Gasteiger partial charge in [0, 0.05) is 35.7 Å². The van der Waals surface area contributed by atoms with E-state index in [1.54, 1.807) is 48.8 Å². The molecule has 2 aromatic carbocycles. The van der Waals surface area contributed by atoms with Gasteiger partial charge in [0.15, 0.2) is 0 Å². The highest BCUT2D eigenvalue weighted by atomic mass is 16.7. The number of aliphatic imine (C=N–C) groups is 2. The molecule has 8 heteroatoms. The van der Waals surface area contributed by atoms with E-state index in [4.69, 9.17) is 18.9 Å². The second kappa shape index (κ2) is 8.70. The number of para-hydroxylation sites is 2. The van der Waals surface area contributed by atoms with Gasteiger partial charge >= 0.3 is 23.8 Å². The van der Waals surface area contributed by atoms with E-state index < -0.39 is 11.9 Å². The van der Waals surface area contributed by atoms with E-state index >= 15 is 0 Å². The lowest BCUT2D eigenvalue weighted by molar-refractivity contribution is -0.139. The molecule has 0 saturated heterocycles. The SMILES string of the molecule is O=C(/C=C/C(=O)OC1=CN=Cc2ccccc2O1)OC1=CN=Cc2ccccc2O1. The fourth-order valence-corrected chi connectivity index (χ4v) is 2.48. The summed E-state index contributed by atoms with van der Waals surface area (Å²) in [6.07, 6.45) is 7.46. The third kappa shape index (κ3) is 4.68. The van der Waals surface area contributed by atoms with Crippen LogP contribution in [0.4, 0.5) is 0 Å². The Balaban J connectivity index is 1.33. The van der Waals surface area contributed by atoms with Crippen molar-refractivity contribution >= 4 is 24.4 Å². The predicted octanol–water partition coefficient (Wildman–Crippen LogP) is 3.25. The zero-order valence-electron chi connectivity index (χ0n) is 15.4. The molecule has 0 spiro atoms. The Morgan fingerprint density at radius 2 is 1.13 bits per heavy atom. The van der Waals surface area contributed by atoms with Crippen LogP contribution < -0.4 is 9.47 Å². The number of esters is 2. The summed E-state index contributed by atoms with van der Waals surface area (Å²) < 4.78 is 21.1. The Morgan fingerprint density at radius 3 is 1.60 bits per heavy atom. The van der Waals surface area contributed by atoms with Gasteiger partial charge in [-0.15, -0.1) is 0 Å². The van der Waals surface area contributed by atoms with Gasteiger partial charge in [-0.3, -0.25) is 9.98 Å². The van der Waals surface area contributed by atoms with E-state index in [1.165, 1.54) is 12.4 Å². The lowest BCUT2D eigenvalue weighted by Crippen LogP contribution is -2.09. The van der Waals surface area contributed by atoms with Crippen molar-refractivity contribution in [1.29, 1.82) is 0 Å². The molecule has 30 heavy (non-hydrogen) atoms. The summed E-state index contributed by atoms with van der Waals surface area (Å²) in [5.41, 5.74) is 1.47. The molecule has 148 valence electrons. The maximum Gasteiger partial charge on any atom is 0.338 e. The van der Waals surface area contributed by atoms with E-state index in [1.807, 2.05) is 12.1 Å². The van der Waals surface area contributed by atoms with Gasteiger partial charge in [0.2, 0.25) is 0 Å². The van der Waals surface area contributed by atoms with Crippen LogP contribution in [0.1, 0.15) is 11.1 Å². The average molecular weight is 402 g/mol. The number of nitrogens with zero attached hydrogens (tertiary/aromatic N) is 2. The lowest BCUT2D eigenvalue weighted by atomic mass is 10.2. The molecule has 0 bridgehead atoms. The average Bonchev–Trinajstić information content (AvgIpc) is 3.07. The Labute approximate surface area is 171 Å². The standard InChI is InChI=1S/C22H14N2O6/c25-19(29-21-13-23-11-15-5-1-3-7-17(15)27-21)9-10-20(26)30-22-14-24-12-16-6-2-4-8-18(16)28-22/h1-14H/b10-9+. The van der Waals surface area contributed by atoms with E-state index in [-0.39, 0.29) is 11.9 Å². The fraction of sp³-hybridized carbons (Fsp3) is 0. The van der Waals surface area contributed by atoms with E-state index in [9.17, 15) is 9.59 Å². The summed E-state index contributed by atoms with van der Waals surface area (Å²) >= 11 is 0. The van der Waals surface area contributed by atoms with Crippen molar-refractivity contribution in [1.82, 2.24) is 0 Å². The van der Waals surface area contributed by atoms with Crippen LogP contribution in [-0.4, -0.2) is 24.4 Å². The van der Waals surface area contributed by atoms with Gasteiger partial charge in [-0.1, -0.05) is 24.3 Å². The van der Waals surface area contributed by atoms with Crippen LogP contribution in [0, 0.1) is 0 Å². The van der Waals surface area contributed by atoms with Crippen LogP contribution in [0.2, 0.25) is 0 Å². The van der Waals surface area contributed by atoms with Crippen LogP contribution in [-0.2, 0) is 19.1 Å². The molecule has 8 nitrogen and oxygen atoms in total. The molecule has 2 aromatic rings. The number of carbonyl (C=O) groups is 2. The molecular formula is C22H14N2O6. The molecule has 0 fully saturated rings. The van der Waals surface area contributed by atoms with E-state index in [2.05, 4.69) is 9.98 Å². The summed E-state index contributed by atoms with van der Waals surface area (Å²) in [6, 6.07) is 14.2. The van der Waals surface area contributed by atoms with Gasteiger partial charge in [0.05, 0.1) is 0 Å². The minimum Gasteiger partial charge on any atom is -0.424 e. The van der Waals surface area contributed by atoms with Gasteiger partial charge in [-0.05, 0) is 24.3 Å². The number of carbonyl (C=O) groups excluding carboxylic acids is 2. The van der Waals surface area contributed by atoms with Crippen LogP contribution >= 0.6 is 0 Å². The zero-order valence-corrected chi connectivity index (χ0v) is 15.4. The largest absolute Gasteiger partial charge is 0.424 e. The number of benzene rings is 2. The minimum atomic E-state index is -0.841. The molecule has 0 aromatic heterocycles. The van der Waals surface area contributed by atoms with E-state index in [0.29, 0.717) is 11.5 Å². The zero-order chi connectivity index (χ0) is 20.8. The minimum absolute atomic E-state index is 0.125. The van der Waals surface area contributed by atoms with Crippen molar-refractivity contribution in [3.05, 3.63) is 96.1 Å². The van der Waals surface area contributed by atoms with Crippen LogP contribution in [0.15, 0.2) is 95.0 Å². The third-order valence-electron chi connectivity index (χ3n) is 3.80. The highest BCUT2D eigenvalue weighted by Crippen LogP contribution is 2.22. The number of ether oxygens (including phenoxy) is 4. The highest BCUT2D eigenvalue weighted by molar-refractivity contribution is 5.92. The van der Waals surface area contributed by atoms with Gasteiger partial charge in [0.1, 0.15) is 23.9 Å². The first-order valence-corrected chi connectivity index (χ1v) is 8.79. The molecule has 0 amide bonds. The van der Waals surface area contributed by atoms with Gasteiger partial charge < -0.3 is 18.9 Å². The van der Waals surface area contributed by atoms with Crippen molar-refractivity contribution in [2.45, 2.75) is 0 Å². The molecule has 0 atom stereocenters. The predicted molar refractivity (Wildman–Crippen MR) is 107 cm³/mol. The molecular weight excluding hydrogens is 388 g/mol. The molecule has 4 rings (SSSR count). The molecule has 0 saturated carbocycles. The molecule has 0 radical (unpaired) electrons. The second-order valence-corrected chi connectivity index (χ2v) is 5.91. The lowest BCUT2D eigenvalue weighted by Gasteiger charge is -2.09. The smallest absolute Gasteiger partial charge is 0.338 e. The van der Waals surface area contributed by atoms with Gasteiger partial charge in [-0.2, -0.15) is 0 Å². The highest BCUT2D eigenvalue weighted by Gasteiger charge is 2.14. The monoisotopic (exact) mass is 402 g/mol. The topological polar surface area (TPSA) is 95.8 Å². The number of hydrogen-bond acceptors (Lipinski definition) is 8. The van der Waals surface area contributed by atoms with Gasteiger partial charge in [0.25, 0.3) is 0 Å². The Kier molecular flexibility index (Phi) is 5.47. The summed E-state index contributed by atoms with van der Waals surface area (Å²) in [6.45, 7) is 0. The second-order valence-electron chi connectivity index (χ2n) is 5.91. The Hall–Kier alpha value is -4.46. The van der Waals surface area contributed by atoms with Crippen molar-refractivity contribution in [2.24, 2.45) is 9.98 Å². The molecule has 2 aliphatic heterocycles. The molecule has 0 aliphatic carbocycles. The van der Waals surface area contributed by atoms with Gasteiger partial charge in [-0.25, -0.2) is 9.59 Å². The molecule has 0 unspecified atom stereocenters. The van der Waals surface area contributed by atoms with E-state index in [0.717, 1.165) is 23.3 Å². The van der Waals surface area contributed by atoms with Crippen LogP contribution in [0.5, 0.6) is 11.5 Å². The van der Waals surface area contributed by atoms with Crippen LogP contribution in [0.3, 0.4) is 0 Å².